The SMILES string of the molecule is COc1cccc(F)c1.NC(=O)O. The van der Waals surface area contributed by atoms with Crippen molar-refractivity contribution in [3.8, 4) is 5.75 Å². The fraction of sp³-hybridized carbons (Fsp3) is 0.125. The van der Waals surface area contributed by atoms with Crippen molar-refractivity contribution < 1.29 is 19.0 Å². The van der Waals surface area contributed by atoms with Crippen LogP contribution >= 0.6 is 0 Å². The number of rotatable bonds is 1. The van der Waals surface area contributed by atoms with Crippen LogP contribution in [0.2, 0.25) is 0 Å². The van der Waals surface area contributed by atoms with Gasteiger partial charge in [-0.15, -0.1) is 0 Å². The summed E-state index contributed by atoms with van der Waals surface area (Å²) in [5, 5.41) is 7.19. The second-order valence-corrected chi connectivity index (χ2v) is 2.00. The lowest BCUT2D eigenvalue weighted by Gasteiger charge is -1.95. The van der Waals surface area contributed by atoms with Crippen molar-refractivity contribution in [2.45, 2.75) is 0 Å². The predicted molar refractivity (Wildman–Crippen MR) is 45.2 cm³/mol. The summed E-state index contributed by atoms with van der Waals surface area (Å²) in [6, 6.07) is 6.01. The molecule has 4 nitrogen and oxygen atoms in total. The smallest absolute Gasteiger partial charge is 0.402 e. The molecule has 0 aliphatic rings. The molecule has 0 atom stereocenters. The molecular weight excluding hydrogens is 177 g/mol. The van der Waals surface area contributed by atoms with Crippen LogP contribution in [-0.2, 0) is 0 Å². The van der Waals surface area contributed by atoms with Gasteiger partial charge in [-0.3, -0.25) is 0 Å². The van der Waals surface area contributed by atoms with Gasteiger partial charge in [0.2, 0.25) is 0 Å². The van der Waals surface area contributed by atoms with E-state index in [-0.39, 0.29) is 5.82 Å². The second-order valence-electron chi connectivity index (χ2n) is 2.00. The van der Waals surface area contributed by atoms with Gasteiger partial charge in [0.1, 0.15) is 11.6 Å². The molecule has 1 aromatic carbocycles. The van der Waals surface area contributed by atoms with Gasteiger partial charge in [-0.2, -0.15) is 0 Å². The summed E-state index contributed by atoms with van der Waals surface area (Å²) < 4.78 is 17.0. The number of benzene rings is 1. The Labute approximate surface area is 74.7 Å². The Balaban J connectivity index is 0.000000310. The lowest BCUT2D eigenvalue weighted by molar-refractivity contribution is 0.205. The highest BCUT2D eigenvalue weighted by Gasteiger charge is 1.90. The zero-order valence-corrected chi connectivity index (χ0v) is 7.03. The maximum atomic E-state index is 12.3. The summed E-state index contributed by atoms with van der Waals surface area (Å²) in [6.45, 7) is 0. The summed E-state index contributed by atoms with van der Waals surface area (Å²) in [5.74, 6) is 0.282. The Morgan fingerprint density at radius 3 is 2.46 bits per heavy atom. The van der Waals surface area contributed by atoms with Gasteiger partial charge in [-0.1, -0.05) is 6.07 Å². The molecule has 0 saturated heterocycles. The first-order valence-corrected chi connectivity index (χ1v) is 3.34. The number of nitrogens with two attached hydrogens (primary N) is 1. The largest absolute Gasteiger partial charge is 0.497 e. The van der Waals surface area contributed by atoms with Gasteiger partial charge in [0.15, 0.2) is 0 Å². The van der Waals surface area contributed by atoms with Crippen molar-refractivity contribution in [1.29, 1.82) is 0 Å². The van der Waals surface area contributed by atoms with Crippen molar-refractivity contribution in [3.05, 3.63) is 30.1 Å². The third-order valence-corrected chi connectivity index (χ3v) is 1.03. The number of carbonyl (C=O) groups is 1. The van der Waals surface area contributed by atoms with Crippen molar-refractivity contribution >= 4 is 6.09 Å². The number of primary amides is 1. The van der Waals surface area contributed by atoms with E-state index in [2.05, 4.69) is 5.73 Å². The van der Waals surface area contributed by atoms with Gasteiger partial charge < -0.3 is 15.6 Å². The standard InChI is InChI=1S/C7H7FO.CH3NO2/c1-9-7-4-2-3-6(8)5-7;2-1(3)4/h2-5H,1H3;2H2,(H,3,4). The molecule has 0 heterocycles. The number of methoxy groups -OCH3 is 1. The Morgan fingerprint density at radius 1 is 1.62 bits per heavy atom. The number of amides is 1. The number of hydrogen-bond donors (Lipinski definition) is 2. The van der Waals surface area contributed by atoms with Crippen LogP contribution in [0.25, 0.3) is 0 Å². The van der Waals surface area contributed by atoms with Crippen LogP contribution in [0.3, 0.4) is 0 Å². The van der Waals surface area contributed by atoms with Gasteiger partial charge >= 0.3 is 6.09 Å². The van der Waals surface area contributed by atoms with E-state index in [0.29, 0.717) is 5.75 Å². The van der Waals surface area contributed by atoms with Gasteiger partial charge in [-0.25, -0.2) is 9.18 Å². The van der Waals surface area contributed by atoms with E-state index >= 15 is 0 Å². The minimum Gasteiger partial charge on any atom is -0.497 e. The molecule has 72 valence electrons. The number of hydrogen-bond acceptors (Lipinski definition) is 2. The average Bonchev–Trinajstić information content (AvgIpc) is 2.03. The molecule has 13 heavy (non-hydrogen) atoms. The maximum Gasteiger partial charge on any atom is 0.402 e. The van der Waals surface area contributed by atoms with Crippen molar-refractivity contribution in [2.24, 2.45) is 5.73 Å². The highest BCUT2D eigenvalue weighted by Crippen LogP contribution is 2.09. The molecule has 0 bridgehead atoms. The molecule has 1 amide bonds. The Hall–Kier alpha value is -1.78. The van der Waals surface area contributed by atoms with Crippen LogP contribution in [0.1, 0.15) is 0 Å². The maximum absolute atomic E-state index is 12.3. The molecule has 0 unspecified atom stereocenters. The number of carboxylic acid groups (broad SMARTS) is 1. The van der Waals surface area contributed by atoms with E-state index in [9.17, 15) is 4.39 Å². The molecule has 0 spiro atoms. The van der Waals surface area contributed by atoms with E-state index in [1.807, 2.05) is 0 Å². The van der Waals surface area contributed by atoms with Gasteiger partial charge in [0, 0.05) is 6.07 Å². The van der Waals surface area contributed by atoms with Crippen LogP contribution in [0.15, 0.2) is 24.3 Å². The topological polar surface area (TPSA) is 72.5 Å². The minimum atomic E-state index is -1.33. The van der Waals surface area contributed by atoms with E-state index in [4.69, 9.17) is 14.6 Å². The molecule has 0 aromatic heterocycles. The fourth-order valence-corrected chi connectivity index (χ4v) is 0.594. The highest BCUT2D eigenvalue weighted by atomic mass is 19.1. The van der Waals surface area contributed by atoms with Crippen molar-refractivity contribution in [3.63, 3.8) is 0 Å². The van der Waals surface area contributed by atoms with Gasteiger partial charge in [0.25, 0.3) is 0 Å². The number of ether oxygens (including phenoxy) is 1. The first-order valence-electron chi connectivity index (χ1n) is 3.34. The third kappa shape index (κ3) is 6.61. The molecule has 1 aromatic rings. The average molecular weight is 187 g/mol. The monoisotopic (exact) mass is 187 g/mol. The number of halogens is 1. The van der Waals surface area contributed by atoms with Crippen LogP contribution in [-0.4, -0.2) is 18.3 Å². The van der Waals surface area contributed by atoms with Gasteiger partial charge in [0.05, 0.1) is 7.11 Å². The predicted octanol–water partition coefficient (Wildman–Crippen LogP) is 1.46. The molecule has 5 heteroatoms. The van der Waals surface area contributed by atoms with E-state index in [0.717, 1.165) is 0 Å². The van der Waals surface area contributed by atoms with Crippen LogP contribution < -0.4 is 10.5 Å². The van der Waals surface area contributed by atoms with E-state index in [1.54, 1.807) is 12.1 Å². The molecule has 0 saturated carbocycles. The summed E-state index contributed by atoms with van der Waals surface area (Å²) in [4.78, 5) is 8.78. The zero-order chi connectivity index (χ0) is 10.3. The molecular formula is C8H10FNO3. The van der Waals surface area contributed by atoms with Gasteiger partial charge in [-0.05, 0) is 12.1 Å². The third-order valence-electron chi connectivity index (χ3n) is 1.03. The van der Waals surface area contributed by atoms with E-state index in [1.165, 1.54) is 19.2 Å². The summed E-state index contributed by atoms with van der Waals surface area (Å²) in [6.07, 6.45) is -1.33. The molecule has 0 radical (unpaired) electrons. The lowest BCUT2D eigenvalue weighted by Crippen LogP contribution is -2.03. The van der Waals surface area contributed by atoms with E-state index < -0.39 is 6.09 Å². The van der Waals surface area contributed by atoms with Crippen molar-refractivity contribution in [1.82, 2.24) is 0 Å². The molecule has 3 N–H and O–H groups in total. The quantitative estimate of drug-likeness (QED) is 0.698. The first kappa shape index (κ1) is 11.2. The van der Waals surface area contributed by atoms with Crippen molar-refractivity contribution in [2.75, 3.05) is 7.11 Å². The minimum absolute atomic E-state index is 0.269. The van der Waals surface area contributed by atoms with Crippen LogP contribution in [0, 0.1) is 5.82 Å². The van der Waals surface area contributed by atoms with Crippen LogP contribution in [0.4, 0.5) is 9.18 Å². The molecule has 0 aliphatic carbocycles. The second kappa shape index (κ2) is 5.82. The molecule has 1 rings (SSSR count). The Morgan fingerprint density at radius 2 is 2.15 bits per heavy atom. The fourth-order valence-electron chi connectivity index (χ4n) is 0.594. The zero-order valence-electron chi connectivity index (χ0n) is 7.03. The Kier molecular flexibility index (Phi) is 5.02. The highest BCUT2D eigenvalue weighted by molar-refractivity contribution is 5.61. The Bertz CT molecular complexity index is 274. The normalized spacial score (nSPS) is 8.15. The summed E-state index contributed by atoms with van der Waals surface area (Å²) >= 11 is 0. The first-order chi connectivity index (χ1) is 6.06. The molecule has 0 fully saturated rings. The summed E-state index contributed by atoms with van der Waals surface area (Å²) in [7, 11) is 1.51. The van der Waals surface area contributed by atoms with Crippen LogP contribution in [0.5, 0.6) is 5.75 Å². The lowest BCUT2D eigenvalue weighted by atomic mass is 10.3. The summed E-state index contributed by atoms with van der Waals surface area (Å²) in [5.41, 5.74) is 4.03. The molecule has 0 aliphatic heterocycles.